The van der Waals surface area contributed by atoms with Crippen molar-refractivity contribution in [2.75, 3.05) is 18.5 Å². The maximum absolute atomic E-state index is 12.8. The molecule has 0 unspecified atom stereocenters. The SMILES string of the molecule is CC(C)[C@@H](NS(=O)(=O)c1ccc2c(c1)OCCO2)C(=O)Nc1cccc(Cl)c1. The van der Waals surface area contributed by atoms with E-state index in [0.717, 1.165) is 0 Å². The summed E-state index contributed by atoms with van der Waals surface area (Å²) < 4.78 is 39.0. The molecule has 1 aliphatic heterocycles. The highest BCUT2D eigenvalue weighted by atomic mass is 35.5. The Balaban J connectivity index is 1.80. The van der Waals surface area contributed by atoms with Gasteiger partial charge in [0.15, 0.2) is 11.5 Å². The normalized spacial score (nSPS) is 14.6. The first-order chi connectivity index (χ1) is 13.3. The second-order valence-electron chi connectivity index (χ2n) is 6.65. The monoisotopic (exact) mass is 424 g/mol. The zero-order valence-electron chi connectivity index (χ0n) is 15.4. The van der Waals surface area contributed by atoms with E-state index in [4.69, 9.17) is 21.1 Å². The molecule has 2 aromatic carbocycles. The Morgan fingerprint density at radius 2 is 1.79 bits per heavy atom. The zero-order valence-corrected chi connectivity index (χ0v) is 17.0. The number of carbonyl (C=O) groups is 1. The molecule has 1 aliphatic rings. The van der Waals surface area contributed by atoms with Gasteiger partial charge in [0.2, 0.25) is 15.9 Å². The van der Waals surface area contributed by atoms with Gasteiger partial charge in [-0.3, -0.25) is 4.79 Å². The minimum absolute atomic E-state index is 0.00189. The molecule has 28 heavy (non-hydrogen) atoms. The van der Waals surface area contributed by atoms with Crippen molar-refractivity contribution in [2.24, 2.45) is 5.92 Å². The Kier molecular flexibility index (Phi) is 6.12. The van der Waals surface area contributed by atoms with E-state index in [2.05, 4.69) is 10.0 Å². The van der Waals surface area contributed by atoms with Crippen molar-refractivity contribution in [3.05, 3.63) is 47.5 Å². The van der Waals surface area contributed by atoms with Crippen molar-refractivity contribution in [1.82, 2.24) is 4.72 Å². The Morgan fingerprint density at radius 1 is 1.07 bits per heavy atom. The van der Waals surface area contributed by atoms with E-state index in [-0.39, 0.29) is 10.8 Å². The lowest BCUT2D eigenvalue weighted by molar-refractivity contribution is -0.118. The molecule has 0 radical (unpaired) electrons. The molecule has 0 saturated heterocycles. The Bertz CT molecular complexity index is 978. The highest BCUT2D eigenvalue weighted by Gasteiger charge is 2.29. The third-order valence-electron chi connectivity index (χ3n) is 4.15. The summed E-state index contributed by atoms with van der Waals surface area (Å²) in [6, 6.07) is 10.0. The highest BCUT2D eigenvalue weighted by Crippen LogP contribution is 2.32. The largest absolute Gasteiger partial charge is 0.486 e. The summed E-state index contributed by atoms with van der Waals surface area (Å²) in [5.74, 6) is 0.0902. The third kappa shape index (κ3) is 4.76. The third-order valence-corrected chi connectivity index (χ3v) is 5.82. The van der Waals surface area contributed by atoms with Crippen molar-refractivity contribution in [2.45, 2.75) is 24.8 Å². The second-order valence-corrected chi connectivity index (χ2v) is 8.80. The van der Waals surface area contributed by atoms with Crippen LogP contribution < -0.4 is 19.5 Å². The molecule has 1 heterocycles. The first-order valence-corrected chi connectivity index (χ1v) is 10.6. The standard InChI is InChI=1S/C19H21ClN2O5S/c1-12(2)18(19(23)21-14-5-3-4-13(20)10-14)22-28(24,25)15-6-7-16-17(11-15)27-9-8-26-16/h3-7,10-12,18,22H,8-9H2,1-2H3,(H,21,23)/t18-/m1/s1. The van der Waals surface area contributed by atoms with Gasteiger partial charge in [0.1, 0.15) is 19.3 Å². The van der Waals surface area contributed by atoms with Crippen LogP contribution in [0.4, 0.5) is 5.69 Å². The lowest BCUT2D eigenvalue weighted by Gasteiger charge is -2.23. The quantitative estimate of drug-likeness (QED) is 0.743. The van der Waals surface area contributed by atoms with Crippen LogP contribution in [0.5, 0.6) is 11.5 Å². The average molecular weight is 425 g/mol. The van der Waals surface area contributed by atoms with Crippen LogP contribution in [-0.4, -0.2) is 33.6 Å². The summed E-state index contributed by atoms with van der Waals surface area (Å²) >= 11 is 5.93. The minimum Gasteiger partial charge on any atom is -0.486 e. The number of nitrogens with one attached hydrogen (secondary N) is 2. The lowest BCUT2D eigenvalue weighted by atomic mass is 10.0. The number of anilines is 1. The van der Waals surface area contributed by atoms with Crippen LogP contribution in [0.3, 0.4) is 0 Å². The van der Waals surface area contributed by atoms with Gasteiger partial charge in [0.25, 0.3) is 0 Å². The van der Waals surface area contributed by atoms with E-state index in [1.165, 1.54) is 12.1 Å². The number of carbonyl (C=O) groups excluding carboxylic acids is 1. The van der Waals surface area contributed by atoms with Gasteiger partial charge in [0.05, 0.1) is 4.90 Å². The Labute approximate surface area is 169 Å². The molecule has 1 amide bonds. The van der Waals surface area contributed by atoms with E-state index in [1.54, 1.807) is 44.2 Å². The molecule has 0 aromatic heterocycles. The molecular weight excluding hydrogens is 404 g/mol. The molecule has 2 N–H and O–H groups in total. The van der Waals surface area contributed by atoms with Crippen LogP contribution in [0.15, 0.2) is 47.4 Å². The highest BCUT2D eigenvalue weighted by molar-refractivity contribution is 7.89. The maximum Gasteiger partial charge on any atom is 0.242 e. The number of hydrogen-bond acceptors (Lipinski definition) is 5. The van der Waals surface area contributed by atoms with Gasteiger partial charge in [-0.2, -0.15) is 4.72 Å². The number of sulfonamides is 1. The molecule has 150 valence electrons. The van der Waals surface area contributed by atoms with Crippen molar-refractivity contribution in [3.63, 3.8) is 0 Å². The predicted octanol–water partition coefficient (Wildman–Crippen LogP) is 3.05. The zero-order chi connectivity index (χ0) is 20.3. The second kappa shape index (κ2) is 8.38. The van der Waals surface area contributed by atoms with Crippen molar-refractivity contribution in [3.8, 4) is 11.5 Å². The van der Waals surface area contributed by atoms with Crippen molar-refractivity contribution in [1.29, 1.82) is 0 Å². The topological polar surface area (TPSA) is 93.7 Å². The van der Waals surface area contributed by atoms with Crippen LogP contribution >= 0.6 is 11.6 Å². The van der Waals surface area contributed by atoms with E-state index in [1.807, 2.05) is 0 Å². The molecule has 0 bridgehead atoms. The van der Waals surface area contributed by atoms with Gasteiger partial charge < -0.3 is 14.8 Å². The van der Waals surface area contributed by atoms with Crippen molar-refractivity contribution < 1.29 is 22.7 Å². The summed E-state index contributed by atoms with van der Waals surface area (Å²) in [6.07, 6.45) is 0. The fourth-order valence-electron chi connectivity index (χ4n) is 2.70. The number of hydrogen-bond donors (Lipinski definition) is 2. The molecule has 3 rings (SSSR count). The minimum atomic E-state index is -3.96. The van der Waals surface area contributed by atoms with Gasteiger partial charge in [-0.15, -0.1) is 0 Å². The molecular formula is C19H21ClN2O5S. The molecule has 9 heteroatoms. The number of benzene rings is 2. The molecule has 1 atom stereocenters. The predicted molar refractivity (Wildman–Crippen MR) is 106 cm³/mol. The first-order valence-electron chi connectivity index (χ1n) is 8.75. The maximum atomic E-state index is 12.8. The smallest absolute Gasteiger partial charge is 0.242 e. The molecule has 0 aliphatic carbocycles. The fraction of sp³-hybridized carbons (Fsp3) is 0.316. The van der Waals surface area contributed by atoms with Gasteiger partial charge in [-0.1, -0.05) is 31.5 Å². The van der Waals surface area contributed by atoms with Gasteiger partial charge in [0, 0.05) is 16.8 Å². The number of amides is 1. The molecule has 0 fully saturated rings. The summed E-state index contributed by atoms with van der Waals surface area (Å²) in [4.78, 5) is 12.7. The van der Waals surface area contributed by atoms with E-state index < -0.39 is 22.0 Å². The lowest BCUT2D eigenvalue weighted by Crippen LogP contribution is -2.47. The molecule has 7 nitrogen and oxygen atoms in total. The van der Waals surface area contributed by atoms with Crippen LogP contribution in [0, 0.1) is 5.92 Å². The van der Waals surface area contributed by atoms with Crippen LogP contribution in [0.1, 0.15) is 13.8 Å². The van der Waals surface area contributed by atoms with E-state index >= 15 is 0 Å². The van der Waals surface area contributed by atoms with Crippen LogP contribution in [0.25, 0.3) is 0 Å². The number of ether oxygens (including phenoxy) is 2. The van der Waals surface area contributed by atoms with Gasteiger partial charge in [-0.25, -0.2) is 8.42 Å². The summed E-state index contributed by atoms with van der Waals surface area (Å²) in [5.41, 5.74) is 0.488. The van der Waals surface area contributed by atoms with Crippen LogP contribution in [-0.2, 0) is 14.8 Å². The molecule has 0 spiro atoms. The Hall–Kier alpha value is -2.29. The van der Waals surface area contributed by atoms with Gasteiger partial charge in [-0.05, 0) is 36.2 Å². The summed E-state index contributed by atoms with van der Waals surface area (Å²) in [6.45, 7) is 4.28. The molecule has 2 aromatic rings. The summed E-state index contributed by atoms with van der Waals surface area (Å²) in [5, 5.41) is 3.16. The summed E-state index contributed by atoms with van der Waals surface area (Å²) in [7, 11) is -3.96. The first kappa shape index (κ1) is 20.4. The fourth-order valence-corrected chi connectivity index (χ4v) is 4.25. The number of rotatable bonds is 6. The van der Waals surface area contributed by atoms with Crippen LogP contribution in [0.2, 0.25) is 5.02 Å². The van der Waals surface area contributed by atoms with E-state index in [9.17, 15) is 13.2 Å². The van der Waals surface area contributed by atoms with E-state index in [0.29, 0.717) is 35.4 Å². The number of fused-ring (bicyclic) bond motifs is 1. The molecule has 0 saturated carbocycles. The van der Waals surface area contributed by atoms with Crippen molar-refractivity contribution >= 4 is 33.2 Å². The Morgan fingerprint density at radius 3 is 2.46 bits per heavy atom. The average Bonchev–Trinajstić information content (AvgIpc) is 2.65. The van der Waals surface area contributed by atoms with Gasteiger partial charge >= 0.3 is 0 Å². The number of halogens is 1.